The van der Waals surface area contributed by atoms with Crippen LogP contribution in [0.3, 0.4) is 0 Å². The standard InChI is InChI=1S/C14H21NO2/c1-15-13-7-2-6-12-11(13)5-3-8-14(12)17-10-4-9-16/h3,5,8,13,15-16H,2,4,6-7,9-10H2,1H3. The van der Waals surface area contributed by atoms with E-state index in [1.807, 2.05) is 13.1 Å². The topological polar surface area (TPSA) is 41.5 Å². The predicted octanol–water partition coefficient (Wildman–Crippen LogP) is 2.04. The van der Waals surface area contributed by atoms with Crippen LogP contribution in [0.2, 0.25) is 0 Å². The zero-order chi connectivity index (χ0) is 12.1. The van der Waals surface area contributed by atoms with E-state index in [0.717, 1.165) is 12.2 Å². The molecule has 0 fully saturated rings. The first kappa shape index (κ1) is 12.4. The molecular weight excluding hydrogens is 214 g/mol. The fraction of sp³-hybridized carbons (Fsp3) is 0.571. The molecule has 1 aromatic rings. The lowest BCUT2D eigenvalue weighted by atomic mass is 9.87. The van der Waals surface area contributed by atoms with Crippen molar-refractivity contribution >= 4 is 0 Å². The molecule has 0 saturated carbocycles. The number of aliphatic hydroxyl groups excluding tert-OH is 1. The Morgan fingerprint density at radius 1 is 1.47 bits per heavy atom. The van der Waals surface area contributed by atoms with Gasteiger partial charge in [0.2, 0.25) is 0 Å². The highest BCUT2D eigenvalue weighted by atomic mass is 16.5. The van der Waals surface area contributed by atoms with Gasteiger partial charge in [-0.05, 0) is 43.5 Å². The van der Waals surface area contributed by atoms with Crippen molar-refractivity contribution in [2.24, 2.45) is 0 Å². The summed E-state index contributed by atoms with van der Waals surface area (Å²) >= 11 is 0. The maximum atomic E-state index is 8.77. The van der Waals surface area contributed by atoms with Crippen LogP contribution in [0.5, 0.6) is 5.75 Å². The average molecular weight is 235 g/mol. The Morgan fingerprint density at radius 2 is 2.35 bits per heavy atom. The summed E-state index contributed by atoms with van der Waals surface area (Å²) in [6, 6.07) is 6.74. The van der Waals surface area contributed by atoms with Crippen LogP contribution >= 0.6 is 0 Å². The summed E-state index contributed by atoms with van der Waals surface area (Å²) < 4.78 is 5.75. The van der Waals surface area contributed by atoms with E-state index in [1.165, 1.54) is 24.0 Å². The third-order valence-electron chi connectivity index (χ3n) is 3.37. The Hall–Kier alpha value is -1.06. The molecule has 0 spiro atoms. The molecule has 2 N–H and O–H groups in total. The van der Waals surface area contributed by atoms with Crippen LogP contribution in [0, 0.1) is 0 Å². The molecule has 0 heterocycles. The maximum absolute atomic E-state index is 8.77. The molecule has 1 unspecified atom stereocenters. The summed E-state index contributed by atoms with van der Waals surface area (Å²) in [6.45, 7) is 0.783. The number of hydrogen-bond acceptors (Lipinski definition) is 3. The Labute approximate surface area is 103 Å². The molecule has 3 nitrogen and oxygen atoms in total. The highest BCUT2D eigenvalue weighted by Crippen LogP contribution is 2.35. The van der Waals surface area contributed by atoms with Gasteiger partial charge < -0.3 is 15.2 Å². The molecule has 3 heteroatoms. The molecule has 1 atom stereocenters. The van der Waals surface area contributed by atoms with E-state index in [0.29, 0.717) is 19.1 Å². The smallest absolute Gasteiger partial charge is 0.122 e. The van der Waals surface area contributed by atoms with E-state index in [-0.39, 0.29) is 6.61 Å². The Kier molecular flexibility index (Phi) is 4.40. The SMILES string of the molecule is CNC1CCCc2c(OCCCO)cccc21. The van der Waals surface area contributed by atoms with E-state index in [1.54, 1.807) is 0 Å². The van der Waals surface area contributed by atoms with E-state index >= 15 is 0 Å². The Morgan fingerprint density at radius 3 is 3.12 bits per heavy atom. The lowest BCUT2D eigenvalue weighted by Crippen LogP contribution is -2.22. The third-order valence-corrected chi connectivity index (χ3v) is 3.37. The lowest BCUT2D eigenvalue weighted by molar-refractivity contribution is 0.232. The second-order valence-corrected chi connectivity index (χ2v) is 4.48. The van der Waals surface area contributed by atoms with Crippen LogP contribution in [-0.2, 0) is 6.42 Å². The predicted molar refractivity (Wildman–Crippen MR) is 68.4 cm³/mol. The van der Waals surface area contributed by atoms with E-state index in [2.05, 4.69) is 17.4 Å². The van der Waals surface area contributed by atoms with Crippen molar-refractivity contribution in [3.05, 3.63) is 29.3 Å². The number of nitrogens with one attached hydrogen (secondary N) is 1. The average Bonchev–Trinajstić information content (AvgIpc) is 2.38. The normalized spacial score (nSPS) is 18.8. The van der Waals surface area contributed by atoms with Gasteiger partial charge in [-0.15, -0.1) is 0 Å². The van der Waals surface area contributed by atoms with Crippen molar-refractivity contribution in [1.29, 1.82) is 0 Å². The minimum absolute atomic E-state index is 0.189. The Balaban J connectivity index is 2.17. The lowest BCUT2D eigenvalue weighted by Gasteiger charge is -2.26. The first-order chi connectivity index (χ1) is 8.36. The molecule has 94 valence electrons. The Bertz CT molecular complexity index is 365. The molecule has 1 aliphatic carbocycles. The molecule has 2 rings (SSSR count). The second kappa shape index (κ2) is 6.03. The van der Waals surface area contributed by atoms with Crippen molar-refractivity contribution in [1.82, 2.24) is 5.32 Å². The first-order valence-electron chi connectivity index (χ1n) is 6.39. The van der Waals surface area contributed by atoms with Gasteiger partial charge in [0.05, 0.1) is 6.61 Å². The summed E-state index contributed by atoms with van der Waals surface area (Å²) in [5.41, 5.74) is 2.72. The zero-order valence-electron chi connectivity index (χ0n) is 10.4. The van der Waals surface area contributed by atoms with Crippen molar-refractivity contribution in [2.45, 2.75) is 31.7 Å². The van der Waals surface area contributed by atoms with Gasteiger partial charge in [-0.25, -0.2) is 0 Å². The number of fused-ring (bicyclic) bond motifs is 1. The highest BCUT2D eigenvalue weighted by molar-refractivity contribution is 5.43. The monoisotopic (exact) mass is 235 g/mol. The quantitative estimate of drug-likeness (QED) is 0.767. The van der Waals surface area contributed by atoms with Gasteiger partial charge in [0.15, 0.2) is 0 Å². The van der Waals surface area contributed by atoms with Crippen molar-refractivity contribution in [2.75, 3.05) is 20.3 Å². The molecule has 0 aliphatic heterocycles. The van der Waals surface area contributed by atoms with Crippen molar-refractivity contribution < 1.29 is 9.84 Å². The van der Waals surface area contributed by atoms with Gasteiger partial charge in [0.25, 0.3) is 0 Å². The minimum atomic E-state index is 0.189. The largest absolute Gasteiger partial charge is 0.493 e. The molecule has 17 heavy (non-hydrogen) atoms. The molecule has 0 radical (unpaired) electrons. The molecule has 0 bridgehead atoms. The fourth-order valence-electron chi connectivity index (χ4n) is 2.50. The van der Waals surface area contributed by atoms with Gasteiger partial charge in [0.1, 0.15) is 5.75 Å². The third kappa shape index (κ3) is 2.79. The van der Waals surface area contributed by atoms with Crippen molar-refractivity contribution in [3.8, 4) is 5.75 Å². The second-order valence-electron chi connectivity index (χ2n) is 4.48. The van der Waals surface area contributed by atoms with Crippen LogP contribution in [0.25, 0.3) is 0 Å². The first-order valence-corrected chi connectivity index (χ1v) is 6.39. The van der Waals surface area contributed by atoms with Crippen LogP contribution in [0.15, 0.2) is 18.2 Å². The number of hydrogen-bond donors (Lipinski definition) is 2. The number of aliphatic hydroxyl groups is 1. The summed E-state index contributed by atoms with van der Waals surface area (Å²) in [7, 11) is 2.01. The van der Waals surface area contributed by atoms with Gasteiger partial charge >= 0.3 is 0 Å². The summed E-state index contributed by atoms with van der Waals surface area (Å²) in [6.07, 6.45) is 4.20. The van der Waals surface area contributed by atoms with Crippen LogP contribution in [-0.4, -0.2) is 25.4 Å². The van der Waals surface area contributed by atoms with E-state index in [9.17, 15) is 0 Å². The van der Waals surface area contributed by atoms with Crippen molar-refractivity contribution in [3.63, 3.8) is 0 Å². The molecular formula is C14H21NO2. The van der Waals surface area contributed by atoms with Crippen LogP contribution in [0.4, 0.5) is 0 Å². The summed E-state index contributed by atoms with van der Waals surface area (Å²) in [5.74, 6) is 0.996. The molecule has 0 saturated heterocycles. The van der Waals surface area contributed by atoms with E-state index in [4.69, 9.17) is 9.84 Å². The van der Waals surface area contributed by atoms with Gasteiger partial charge in [0, 0.05) is 19.1 Å². The number of benzene rings is 1. The summed E-state index contributed by atoms with van der Waals surface area (Å²) in [4.78, 5) is 0. The molecule has 0 aromatic heterocycles. The van der Waals surface area contributed by atoms with Gasteiger partial charge in [-0.2, -0.15) is 0 Å². The minimum Gasteiger partial charge on any atom is -0.493 e. The summed E-state index contributed by atoms with van der Waals surface area (Å²) in [5, 5.41) is 12.1. The zero-order valence-corrected chi connectivity index (χ0v) is 10.4. The highest BCUT2D eigenvalue weighted by Gasteiger charge is 2.21. The van der Waals surface area contributed by atoms with Crippen LogP contribution in [0.1, 0.15) is 36.4 Å². The number of rotatable bonds is 5. The van der Waals surface area contributed by atoms with Crippen LogP contribution < -0.4 is 10.1 Å². The van der Waals surface area contributed by atoms with Gasteiger partial charge in [-0.1, -0.05) is 12.1 Å². The van der Waals surface area contributed by atoms with E-state index < -0.39 is 0 Å². The molecule has 0 amide bonds. The fourth-order valence-corrected chi connectivity index (χ4v) is 2.50. The number of ether oxygens (including phenoxy) is 1. The maximum Gasteiger partial charge on any atom is 0.122 e. The van der Waals surface area contributed by atoms with Gasteiger partial charge in [-0.3, -0.25) is 0 Å². The molecule has 1 aromatic carbocycles. The molecule has 1 aliphatic rings.